The van der Waals surface area contributed by atoms with E-state index in [-0.39, 0.29) is 23.5 Å². The highest BCUT2D eigenvalue weighted by Crippen LogP contribution is 2.33. The predicted octanol–water partition coefficient (Wildman–Crippen LogP) is 3.80. The van der Waals surface area contributed by atoms with Gasteiger partial charge in [0.15, 0.2) is 5.13 Å². The SMILES string of the molecule is O=C([C@@H]1CCCN1S(=O)(=O)c1ccc(F)cc1)N(C[C@H]1CCCO1)c1nc2ccccc2s1. The molecule has 0 radical (unpaired) electrons. The molecule has 2 atom stereocenters. The zero-order valence-corrected chi connectivity index (χ0v) is 19.5. The highest BCUT2D eigenvalue weighted by Gasteiger charge is 2.42. The van der Waals surface area contributed by atoms with E-state index < -0.39 is 21.9 Å². The summed E-state index contributed by atoms with van der Waals surface area (Å²) in [5.74, 6) is -0.811. The lowest BCUT2D eigenvalue weighted by Crippen LogP contribution is -2.49. The molecular formula is C23H24FN3O4S2. The highest BCUT2D eigenvalue weighted by atomic mass is 32.2. The van der Waals surface area contributed by atoms with Gasteiger partial charge in [-0.2, -0.15) is 4.31 Å². The fourth-order valence-electron chi connectivity index (χ4n) is 4.43. The molecule has 1 aromatic heterocycles. The number of rotatable bonds is 6. The molecule has 33 heavy (non-hydrogen) atoms. The van der Waals surface area contributed by atoms with Gasteiger partial charge in [0.2, 0.25) is 15.9 Å². The molecule has 2 aliphatic heterocycles. The van der Waals surface area contributed by atoms with Gasteiger partial charge in [-0.05, 0) is 62.1 Å². The normalized spacial score (nSPS) is 21.6. The van der Waals surface area contributed by atoms with Gasteiger partial charge in [0.1, 0.15) is 11.9 Å². The van der Waals surface area contributed by atoms with Crippen molar-refractivity contribution in [1.29, 1.82) is 0 Å². The number of fused-ring (bicyclic) bond motifs is 1. The third-order valence-corrected chi connectivity index (χ3v) is 9.08. The van der Waals surface area contributed by atoms with E-state index in [4.69, 9.17) is 4.74 Å². The number of para-hydroxylation sites is 1. The molecule has 174 valence electrons. The van der Waals surface area contributed by atoms with E-state index in [9.17, 15) is 17.6 Å². The number of hydrogen-bond donors (Lipinski definition) is 0. The first-order valence-electron chi connectivity index (χ1n) is 11.0. The van der Waals surface area contributed by atoms with E-state index >= 15 is 0 Å². The number of hydrogen-bond acceptors (Lipinski definition) is 6. The monoisotopic (exact) mass is 489 g/mol. The minimum absolute atomic E-state index is 0.0192. The van der Waals surface area contributed by atoms with Crippen LogP contribution in [-0.4, -0.2) is 55.5 Å². The summed E-state index contributed by atoms with van der Waals surface area (Å²) in [5, 5.41) is 0.544. The second-order valence-electron chi connectivity index (χ2n) is 8.28. The third-order valence-electron chi connectivity index (χ3n) is 6.10. The number of sulfonamides is 1. The maximum Gasteiger partial charge on any atom is 0.247 e. The fourth-order valence-corrected chi connectivity index (χ4v) is 7.06. The molecule has 1 amide bonds. The summed E-state index contributed by atoms with van der Waals surface area (Å²) in [6.45, 7) is 1.23. The Kier molecular flexibility index (Phi) is 6.17. The molecule has 7 nitrogen and oxygen atoms in total. The topological polar surface area (TPSA) is 79.8 Å². The van der Waals surface area contributed by atoms with Crippen molar-refractivity contribution in [3.05, 3.63) is 54.3 Å². The van der Waals surface area contributed by atoms with Gasteiger partial charge < -0.3 is 4.74 Å². The first-order valence-corrected chi connectivity index (χ1v) is 13.2. The van der Waals surface area contributed by atoms with Crippen LogP contribution in [0.4, 0.5) is 9.52 Å². The van der Waals surface area contributed by atoms with Gasteiger partial charge in [-0.3, -0.25) is 9.69 Å². The van der Waals surface area contributed by atoms with Crippen molar-refractivity contribution >= 4 is 42.6 Å². The van der Waals surface area contributed by atoms with E-state index in [2.05, 4.69) is 4.98 Å². The Hall–Kier alpha value is -2.40. The van der Waals surface area contributed by atoms with Crippen molar-refractivity contribution in [2.45, 2.75) is 42.7 Å². The Labute approximate surface area is 195 Å². The van der Waals surface area contributed by atoms with Crippen molar-refractivity contribution in [2.24, 2.45) is 0 Å². The summed E-state index contributed by atoms with van der Waals surface area (Å²) in [6, 6.07) is 11.5. The van der Waals surface area contributed by atoms with Crippen LogP contribution in [0.15, 0.2) is 53.4 Å². The Bertz CT molecular complexity index is 1220. The number of halogens is 1. The lowest BCUT2D eigenvalue weighted by molar-refractivity contribution is -0.122. The lowest BCUT2D eigenvalue weighted by atomic mass is 10.2. The van der Waals surface area contributed by atoms with Gasteiger partial charge in [0.25, 0.3) is 0 Å². The maximum atomic E-state index is 13.8. The van der Waals surface area contributed by atoms with Crippen molar-refractivity contribution in [3.63, 3.8) is 0 Å². The summed E-state index contributed by atoms with van der Waals surface area (Å²) in [4.78, 5) is 20.1. The molecule has 10 heteroatoms. The minimum atomic E-state index is -3.95. The number of aromatic nitrogens is 1. The average Bonchev–Trinajstić information content (AvgIpc) is 3.57. The van der Waals surface area contributed by atoms with Crippen molar-refractivity contribution in [1.82, 2.24) is 9.29 Å². The van der Waals surface area contributed by atoms with E-state index in [1.807, 2.05) is 24.3 Å². The summed E-state index contributed by atoms with van der Waals surface area (Å²) in [7, 11) is -3.95. The van der Waals surface area contributed by atoms with Gasteiger partial charge in [-0.1, -0.05) is 23.5 Å². The van der Waals surface area contributed by atoms with E-state index in [1.165, 1.54) is 27.8 Å². The van der Waals surface area contributed by atoms with Gasteiger partial charge in [0, 0.05) is 13.2 Å². The maximum absolute atomic E-state index is 13.8. The summed E-state index contributed by atoms with van der Waals surface area (Å²) < 4.78 is 47.9. The molecule has 0 unspecified atom stereocenters. The standard InChI is InChI=1S/C23H24FN3O4S2/c24-16-9-11-18(12-10-16)33(29,30)27-13-3-7-20(27)22(28)26(15-17-5-4-14-31-17)23-25-19-6-1-2-8-21(19)32-23/h1-2,6,8-12,17,20H,3-5,7,13-15H2/t17-,20+/m1/s1. The largest absolute Gasteiger partial charge is 0.376 e. The van der Waals surface area contributed by atoms with Crippen LogP contribution in [0.25, 0.3) is 10.2 Å². The number of carbonyl (C=O) groups is 1. The first-order chi connectivity index (χ1) is 15.9. The molecule has 2 fully saturated rings. The molecule has 2 saturated heterocycles. The lowest BCUT2D eigenvalue weighted by Gasteiger charge is -2.29. The molecule has 0 saturated carbocycles. The van der Waals surface area contributed by atoms with Crippen molar-refractivity contribution < 1.29 is 22.3 Å². The molecule has 3 heterocycles. The van der Waals surface area contributed by atoms with Gasteiger partial charge in [0.05, 0.1) is 27.8 Å². The van der Waals surface area contributed by atoms with Crippen molar-refractivity contribution in [3.8, 4) is 0 Å². The zero-order chi connectivity index (χ0) is 23.0. The highest BCUT2D eigenvalue weighted by molar-refractivity contribution is 7.89. The third kappa shape index (κ3) is 4.40. The molecule has 2 aromatic carbocycles. The number of anilines is 1. The van der Waals surface area contributed by atoms with Crippen LogP contribution in [-0.2, 0) is 19.6 Å². The molecular weight excluding hydrogens is 465 g/mol. The van der Waals surface area contributed by atoms with Crippen LogP contribution in [0.3, 0.4) is 0 Å². The summed E-state index contributed by atoms with van der Waals surface area (Å²) in [5.41, 5.74) is 0.796. The van der Waals surface area contributed by atoms with Crippen LogP contribution >= 0.6 is 11.3 Å². The predicted molar refractivity (Wildman–Crippen MR) is 124 cm³/mol. The molecule has 5 rings (SSSR count). The summed E-state index contributed by atoms with van der Waals surface area (Å²) in [6.07, 6.45) is 2.67. The van der Waals surface area contributed by atoms with E-state index in [1.54, 1.807) is 4.90 Å². The molecule has 0 spiro atoms. The van der Waals surface area contributed by atoms with Crippen LogP contribution in [0.1, 0.15) is 25.7 Å². The Balaban J connectivity index is 1.47. The Morgan fingerprint density at radius 1 is 1.15 bits per heavy atom. The minimum Gasteiger partial charge on any atom is -0.376 e. The van der Waals surface area contributed by atoms with Crippen LogP contribution in [0.2, 0.25) is 0 Å². The van der Waals surface area contributed by atoms with E-state index in [0.29, 0.717) is 31.1 Å². The molecule has 2 aliphatic rings. The number of amides is 1. The first kappa shape index (κ1) is 22.4. The molecule has 3 aromatic rings. The van der Waals surface area contributed by atoms with Crippen LogP contribution < -0.4 is 4.90 Å². The number of carbonyl (C=O) groups excluding carboxylic acids is 1. The van der Waals surface area contributed by atoms with Gasteiger partial charge >= 0.3 is 0 Å². The summed E-state index contributed by atoms with van der Waals surface area (Å²) >= 11 is 1.41. The Morgan fingerprint density at radius 3 is 2.67 bits per heavy atom. The number of ether oxygens (including phenoxy) is 1. The molecule has 0 bridgehead atoms. The average molecular weight is 490 g/mol. The second kappa shape index (κ2) is 9.09. The Morgan fingerprint density at radius 2 is 1.94 bits per heavy atom. The van der Waals surface area contributed by atoms with Gasteiger partial charge in [-0.15, -0.1) is 0 Å². The number of benzene rings is 2. The fraction of sp³-hybridized carbons (Fsp3) is 0.391. The van der Waals surface area contributed by atoms with Crippen molar-refractivity contribution in [2.75, 3.05) is 24.6 Å². The molecule has 0 N–H and O–H groups in total. The van der Waals surface area contributed by atoms with Gasteiger partial charge in [-0.25, -0.2) is 17.8 Å². The molecule has 0 aliphatic carbocycles. The zero-order valence-electron chi connectivity index (χ0n) is 17.9. The van der Waals surface area contributed by atoms with Crippen LogP contribution in [0.5, 0.6) is 0 Å². The van der Waals surface area contributed by atoms with Crippen LogP contribution in [0, 0.1) is 5.82 Å². The second-order valence-corrected chi connectivity index (χ2v) is 11.2. The number of thiazole rings is 1. The quantitative estimate of drug-likeness (QED) is 0.526. The number of nitrogens with zero attached hydrogens (tertiary/aromatic N) is 3. The van der Waals surface area contributed by atoms with E-state index in [0.717, 1.165) is 35.2 Å². The smallest absolute Gasteiger partial charge is 0.247 e.